The average Bonchev–Trinajstić information content (AvgIpc) is 2.78. The SMILES string of the molecule is CC(C)[C@H](Br)C(=O)Nc1nc2ccc(N(C)C)cc2s1. The number of anilines is 2. The zero-order valence-electron chi connectivity index (χ0n) is 12.0. The van der Waals surface area contributed by atoms with E-state index < -0.39 is 0 Å². The highest BCUT2D eigenvalue weighted by atomic mass is 79.9. The van der Waals surface area contributed by atoms with Gasteiger partial charge in [0, 0.05) is 19.8 Å². The fourth-order valence-corrected chi connectivity index (χ4v) is 2.74. The van der Waals surface area contributed by atoms with Gasteiger partial charge in [0.2, 0.25) is 5.91 Å². The highest BCUT2D eigenvalue weighted by Crippen LogP contribution is 2.29. The Morgan fingerprint density at radius 2 is 2.10 bits per heavy atom. The predicted octanol–water partition coefficient (Wildman–Crippen LogP) is 3.72. The standard InChI is InChI=1S/C14H18BrN3OS/c1-8(2)12(15)13(19)17-14-16-10-6-5-9(18(3)4)7-11(10)20-14/h5-8,12H,1-4H3,(H,16,17,19)/t12-/m0/s1. The number of thiazole rings is 1. The van der Waals surface area contributed by atoms with E-state index in [1.807, 2.05) is 45.0 Å². The van der Waals surface area contributed by atoms with E-state index in [2.05, 4.69) is 32.3 Å². The maximum Gasteiger partial charge on any atom is 0.240 e. The van der Waals surface area contributed by atoms with Crippen molar-refractivity contribution in [2.75, 3.05) is 24.3 Å². The van der Waals surface area contributed by atoms with Gasteiger partial charge < -0.3 is 10.2 Å². The van der Waals surface area contributed by atoms with Gasteiger partial charge in [0.05, 0.1) is 15.0 Å². The number of rotatable bonds is 4. The van der Waals surface area contributed by atoms with Crippen LogP contribution >= 0.6 is 27.3 Å². The van der Waals surface area contributed by atoms with E-state index in [1.165, 1.54) is 11.3 Å². The van der Waals surface area contributed by atoms with Crippen LogP contribution in [0, 0.1) is 5.92 Å². The smallest absolute Gasteiger partial charge is 0.240 e. The number of nitrogens with zero attached hydrogens (tertiary/aromatic N) is 2. The first-order chi connectivity index (χ1) is 9.38. The maximum absolute atomic E-state index is 12.0. The summed E-state index contributed by atoms with van der Waals surface area (Å²) in [6, 6.07) is 6.08. The molecular formula is C14H18BrN3OS. The second-order valence-electron chi connectivity index (χ2n) is 5.20. The highest BCUT2D eigenvalue weighted by molar-refractivity contribution is 9.10. The van der Waals surface area contributed by atoms with Gasteiger partial charge in [0.15, 0.2) is 5.13 Å². The molecule has 1 aromatic carbocycles. The number of amides is 1. The molecule has 20 heavy (non-hydrogen) atoms. The van der Waals surface area contributed by atoms with Gasteiger partial charge in [-0.3, -0.25) is 4.79 Å². The fraction of sp³-hybridized carbons (Fsp3) is 0.429. The minimum absolute atomic E-state index is 0.0492. The van der Waals surface area contributed by atoms with Crippen LogP contribution < -0.4 is 10.2 Å². The zero-order chi connectivity index (χ0) is 14.9. The van der Waals surface area contributed by atoms with Crippen LogP contribution in [0.3, 0.4) is 0 Å². The largest absolute Gasteiger partial charge is 0.378 e. The van der Waals surface area contributed by atoms with Crippen LogP contribution in [-0.2, 0) is 4.79 Å². The number of benzene rings is 1. The monoisotopic (exact) mass is 355 g/mol. The lowest BCUT2D eigenvalue weighted by atomic mass is 10.1. The number of aromatic nitrogens is 1. The second-order valence-corrected chi connectivity index (χ2v) is 7.22. The summed E-state index contributed by atoms with van der Waals surface area (Å²) in [5, 5.41) is 3.51. The number of carbonyl (C=O) groups excluding carboxylic acids is 1. The molecule has 0 saturated heterocycles. The summed E-state index contributed by atoms with van der Waals surface area (Å²) in [6.45, 7) is 4.00. The first-order valence-electron chi connectivity index (χ1n) is 6.41. The van der Waals surface area contributed by atoms with Gasteiger partial charge in [-0.15, -0.1) is 0 Å². The van der Waals surface area contributed by atoms with E-state index in [4.69, 9.17) is 0 Å². The van der Waals surface area contributed by atoms with Crippen molar-refractivity contribution in [1.82, 2.24) is 4.98 Å². The molecule has 0 fully saturated rings. The Morgan fingerprint density at radius 1 is 1.40 bits per heavy atom. The molecule has 1 amide bonds. The molecule has 1 atom stereocenters. The molecule has 0 aliphatic heterocycles. The molecule has 0 saturated carbocycles. The molecule has 108 valence electrons. The van der Waals surface area contributed by atoms with Gasteiger partial charge in [0.25, 0.3) is 0 Å². The minimum Gasteiger partial charge on any atom is -0.378 e. The quantitative estimate of drug-likeness (QED) is 0.850. The Bertz CT molecular complexity index is 624. The van der Waals surface area contributed by atoms with Crippen molar-refractivity contribution in [1.29, 1.82) is 0 Å². The fourth-order valence-electron chi connectivity index (χ4n) is 1.72. The average molecular weight is 356 g/mol. The normalized spacial score (nSPS) is 12.7. The van der Waals surface area contributed by atoms with Crippen molar-refractivity contribution in [3.05, 3.63) is 18.2 Å². The van der Waals surface area contributed by atoms with E-state index in [1.54, 1.807) is 0 Å². The predicted molar refractivity (Wildman–Crippen MR) is 90.1 cm³/mol. The number of fused-ring (bicyclic) bond motifs is 1. The van der Waals surface area contributed by atoms with Crippen molar-refractivity contribution in [2.24, 2.45) is 5.92 Å². The first kappa shape index (κ1) is 15.3. The molecule has 0 aliphatic carbocycles. The van der Waals surface area contributed by atoms with Crippen LogP contribution in [0.25, 0.3) is 10.2 Å². The summed E-state index contributed by atoms with van der Waals surface area (Å²) < 4.78 is 1.07. The van der Waals surface area contributed by atoms with Crippen LogP contribution in [0.15, 0.2) is 18.2 Å². The third-order valence-corrected chi connectivity index (χ3v) is 5.36. The number of hydrogen-bond donors (Lipinski definition) is 1. The van der Waals surface area contributed by atoms with Gasteiger partial charge in [-0.05, 0) is 24.1 Å². The molecule has 2 rings (SSSR count). The van der Waals surface area contributed by atoms with Gasteiger partial charge in [-0.2, -0.15) is 0 Å². The molecule has 0 aliphatic rings. The number of hydrogen-bond acceptors (Lipinski definition) is 4. The minimum atomic E-state index is -0.202. The molecule has 0 spiro atoms. The number of alkyl halides is 1. The molecular weight excluding hydrogens is 338 g/mol. The lowest BCUT2D eigenvalue weighted by Crippen LogP contribution is -2.26. The summed E-state index contributed by atoms with van der Waals surface area (Å²) >= 11 is 4.89. The van der Waals surface area contributed by atoms with E-state index in [9.17, 15) is 4.79 Å². The third-order valence-electron chi connectivity index (χ3n) is 2.95. The summed E-state index contributed by atoms with van der Waals surface area (Å²) in [7, 11) is 4.01. The van der Waals surface area contributed by atoms with Crippen LogP contribution in [0.2, 0.25) is 0 Å². The summed E-state index contributed by atoms with van der Waals surface area (Å²) in [4.78, 5) is 18.3. The van der Waals surface area contributed by atoms with Crippen LogP contribution in [0.4, 0.5) is 10.8 Å². The van der Waals surface area contributed by atoms with Crippen molar-refractivity contribution in [3.63, 3.8) is 0 Å². The molecule has 0 unspecified atom stereocenters. The first-order valence-corrected chi connectivity index (χ1v) is 8.14. The molecule has 6 heteroatoms. The molecule has 1 N–H and O–H groups in total. The van der Waals surface area contributed by atoms with Crippen molar-refractivity contribution >= 4 is 54.2 Å². The van der Waals surface area contributed by atoms with E-state index in [0.29, 0.717) is 5.13 Å². The van der Waals surface area contributed by atoms with Gasteiger partial charge in [-0.1, -0.05) is 41.1 Å². The molecule has 0 radical (unpaired) electrons. The Balaban J connectivity index is 2.22. The number of nitrogens with one attached hydrogen (secondary N) is 1. The Labute approximate surface area is 131 Å². The maximum atomic E-state index is 12.0. The van der Waals surface area contributed by atoms with E-state index >= 15 is 0 Å². The topological polar surface area (TPSA) is 45.2 Å². The van der Waals surface area contributed by atoms with Crippen LogP contribution in [0.1, 0.15) is 13.8 Å². The van der Waals surface area contributed by atoms with E-state index in [0.717, 1.165) is 15.9 Å². The summed E-state index contributed by atoms with van der Waals surface area (Å²) in [6.07, 6.45) is 0. The molecule has 2 aromatic rings. The number of carbonyl (C=O) groups is 1. The summed E-state index contributed by atoms with van der Waals surface area (Å²) in [5.41, 5.74) is 2.03. The lowest BCUT2D eigenvalue weighted by Gasteiger charge is -2.11. The van der Waals surface area contributed by atoms with Crippen molar-refractivity contribution < 1.29 is 4.79 Å². The van der Waals surface area contributed by atoms with E-state index in [-0.39, 0.29) is 16.7 Å². The number of halogens is 1. The van der Waals surface area contributed by atoms with Crippen LogP contribution in [0.5, 0.6) is 0 Å². The molecule has 1 aromatic heterocycles. The van der Waals surface area contributed by atoms with Gasteiger partial charge >= 0.3 is 0 Å². The Morgan fingerprint density at radius 3 is 2.70 bits per heavy atom. The highest BCUT2D eigenvalue weighted by Gasteiger charge is 2.19. The molecule has 4 nitrogen and oxygen atoms in total. The van der Waals surface area contributed by atoms with Gasteiger partial charge in [-0.25, -0.2) is 4.98 Å². The zero-order valence-corrected chi connectivity index (χ0v) is 14.4. The second kappa shape index (κ2) is 6.10. The lowest BCUT2D eigenvalue weighted by molar-refractivity contribution is -0.116. The molecule has 0 bridgehead atoms. The Hall–Kier alpha value is -1.14. The van der Waals surface area contributed by atoms with Gasteiger partial charge in [0.1, 0.15) is 0 Å². The molecule has 1 heterocycles. The van der Waals surface area contributed by atoms with Crippen molar-refractivity contribution in [2.45, 2.75) is 18.7 Å². The summed E-state index contributed by atoms with van der Waals surface area (Å²) in [5.74, 6) is 0.191. The third kappa shape index (κ3) is 3.30. The Kier molecular flexibility index (Phi) is 4.65. The van der Waals surface area contributed by atoms with Crippen LogP contribution in [-0.4, -0.2) is 29.8 Å². The van der Waals surface area contributed by atoms with Crippen molar-refractivity contribution in [3.8, 4) is 0 Å².